The van der Waals surface area contributed by atoms with Crippen molar-refractivity contribution < 1.29 is 19.0 Å². The van der Waals surface area contributed by atoms with E-state index >= 15 is 0 Å². The lowest BCUT2D eigenvalue weighted by molar-refractivity contribution is -0.163. The Balaban J connectivity index is 0.00000300. The molecule has 1 aromatic heterocycles. The summed E-state index contributed by atoms with van der Waals surface area (Å²) < 4.78 is 18.5. The molecule has 1 aromatic carbocycles. The Labute approximate surface area is 177 Å². The van der Waals surface area contributed by atoms with Crippen molar-refractivity contribution in [3.05, 3.63) is 41.7 Å². The number of carbonyl (C=O) groups is 1. The quantitative estimate of drug-likeness (QED) is 0.641. The molecule has 1 aliphatic heterocycles. The van der Waals surface area contributed by atoms with Gasteiger partial charge in [0.25, 0.3) is 5.91 Å². The average molecular weight is 425 g/mol. The van der Waals surface area contributed by atoms with Crippen molar-refractivity contribution in [1.82, 2.24) is 9.78 Å². The molecule has 1 aliphatic rings. The summed E-state index contributed by atoms with van der Waals surface area (Å²) in [5.41, 5.74) is 7.45. The number of hydrogen-bond acceptors (Lipinski definition) is 6. The fourth-order valence-electron chi connectivity index (χ4n) is 3.02. The molecule has 9 heteroatoms. The van der Waals surface area contributed by atoms with E-state index in [2.05, 4.69) is 10.4 Å². The summed E-state index contributed by atoms with van der Waals surface area (Å²) in [6.45, 7) is 4.63. The minimum absolute atomic E-state index is 0. The third-order valence-electron chi connectivity index (χ3n) is 4.59. The molecule has 3 N–H and O–H groups in total. The Hall–Kier alpha value is -2.13. The van der Waals surface area contributed by atoms with Crippen molar-refractivity contribution in [2.45, 2.75) is 39.0 Å². The standard InChI is InChI=1S/C20H28N4O4.ClH/c1-15-18(14-22-24(15)10-13-28-19-4-2-3-11-27-19)20(25)23-16-5-7-17(8-6-16)26-12-9-21;/h5-8,14,19H,2-4,9-13,21H2,1H3,(H,23,25);1H. The van der Waals surface area contributed by atoms with Crippen LogP contribution < -0.4 is 15.8 Å². The number of benzene rings is 1. The molecule has 0 bridgehead atoms. The van der Waals surface area contributed by atoms with Crippen molar-refractivity contribution >= 4 is 24.0 Å². The van der Waals surface area contributed by atoms with Crippen LogP contribution in [0.5, 0.6) is 5.75 Å². The highest BCUT2D eigenvalue weighted by Crippen LogP contribution is 2.18. The second-order valence-corrected chi connectivity index (χ2v) is 6.65. The molecule has 1 atom stereocenters. The van der Waals surface area contributed by atoms with Crippen molar-refractivity contribution in [3.63, 3.8) is 0 Å². The molecular formula is C20H29ClN4O4. The molecule has 0 aliphatic carbocycles. The largest absolute Gasteiger partial charge is 0.492 e. The first kappa shape index (κ1) is 23.2. The van der Waals surface area contributed by atoms with Gasteiger partial charge in [-0.25, -0.2) is 0 Å². The third kappa shape index (κ3) is 6.71. The number of hydrogen-bond donors (Lipinski definition) is 2. The Morgan fingerprint density at radius 1 is 1.31 bits per heavy atom. The summed E-state index contributed by atoms with van der Waals surface area (Å²) in [4.78, 5) is 12.6. The molecule has 1 saturated heterocycles. The molecule has 0 spiro atoms. The number of halogens is 1. The number of anilines is 1. The minimum atomic E-state index is -0.198. The van der Waals surface area contributed by atoms with Gasteiger partial charge in [-0.05, 0) is 50.5 Å². The van der Waals surface area contributed by atoms with E-state index < -0.39 is 0 Å². The van der Waals surface area contributed by atoms with Gasteiger partial charge in [0, 0.05) is 24.5 Å². The van der Waals surface area contributed by atoms with Gasteiger partial charge in [0.15, 0.2) is 6.29 Å². The van der Waals surface area contributed by atoms with Crippen LogP contribution in [-0.4, -0.2) is 48.3 Å². The van der Waals surface area contributed by atoms with Crippen molar-refractivity contribution in [2.24, 2.45) is 5.73 Å². The fourth-order valence-corrected chi connectivity index (χ4v) is 3.02. The number of ether oxygens (including phenoxy) is 3. The molecule has 160 valence electrons. The van der Waals surface area contributed by atoms with E-state index in [4.69, 9.17) is 19.9 Å². The summed E-state index contributed by atoms with van der Waals surface area (Å²) in [5.74, 6) is 0.519. The molecular weight excluding hydrogens is 396 g/mol. The van der Waals surface area contributed by atoms with Crippen LogP contribution in [0.15, 0.2) is 30.5 Å². The Kier molecular flexibility index (Phi) is 9.40. The van der Waals surface area contributed by atoms with E-state index in [0.717, 1.165) is 37.3 Å². The molecule has 3 rings (SSSR count). The van der Waals surface area contributed by atoms with Crippen LogP contribution >= 0.6 is 12.4 Å². The summed E-state index contributed by atoms with van der Waals surface area (Å²) in [5, 5.41) is 7.19. The first-order valence-corrected chi connectivity index (χ1v) is 9.67. The highest BCUT2D eigenvalue weighted by atomic mass is 35.5. The molecule has 1 amide bonds. The fraction of sp³-hybridized carbons (Fsp3) is 0.500. The maximum absolute atomic E-state index is 12.6. The van der Waals surface area contributed by atoms with Gasteiger partial charge >= 0.3 is 0 Å². The zero-order valence-electron chi connectivity index (χ0n) is 16.6. The Morgan fingerprint density at radius 2 is 2.10 bits per heavy atom. The lowest BCUT2D eigenvalue weighted by atomic mass is 10.2. The van der Waals surface area contributed by atoms with Gasteiger partial charge in [-0.2, -0.15) is 5.10 Å². The molecule has 0 radical (unpaired) electrons. The highest BCUT2D eigenvalue weighted by Gasteiger charge is 2.16. The highest BCUT2D eigenvalue weighted by molar-refractivity contribution is 6.04. The first-order valence-electron chi connectivity index (χ1n) is 9.67. The van der Waals surface area contributed by atoms with Crippen LogP contribution in [0, 0.1) is 6.92 Å². The van der Waals surface area contributed by atoms with Gasteiger partial charge in [-0.3, -0.25) is 9.48 Å². The number of aromatic nitrogens is 2. The van der Waals surface area contributed by atoms with E-state index in [1.807, 2.05) is 6.92 Å². The maximum atomic E-state index is 12.6. The van der Waals surface area contributed by atoms with Crippen LogP contribution in [0.4, 0.5) is 5.69 Å². The van der Waals surface area contributed by atoms with Crippen LogP contribution in [0.2, 0.25) is 0 Å². The summed E-state index contributed by atoms with van der Waals surface area (Å²) >= 11 is 0. The number of nitrogens with two attached hydrogens (primary N) is 1. The van der Waals surface area contributed by atoms with Crippen LogP contribution in [0.1, 0.15) is 35.3 Å². The number of nitrogens with one attached hydrogen (secondary N) is 1. The second-order valence-electron chi connectivity index (χ2n) is 6.65. The third-order valence-corrected chi connectivity index (χ3v) is 4.59. The molecule has 8 nitrogen and oxygen atoms in total. The van der Waals surface area contributed by atoms with E-state index in [1.165, 1.54) is 0 Å². The SMILES string of the molecule is Cc1c(C(=O)Nc2ccc(OCCN)cc2)cnn1CCOC1CCCCO1.Cl. The van der Waals surface area contributed by atoms with E-state index in [0.29, 0.717) is 37.6 Å². The van der Waals surface area contributed by atoms with E-state index in [9.17, 15) is 4.79 Å². The lowest BCUT2D eigenvalue weighted by Crippen LogP contribution is -2.24. The smallest absolute Gasteiger partial charge is 0.259 e. The minimum Gasteiger partial charge on any atom is -0.492 e. The first-order chi connectivity index (χ1) is 13.7. The number of amides is 1. The van der Waals surface area contributed by atoms with Crippen molar-refractivity contribution in [2.75, 3.05) is 31.7 Å². The Morgan fingerprint density at radius 3 is 2.79 bits per heavy atom. The van der Waals surface area contributed by atoms with Gasteiger partial charge < -0.3 is 25.3 Å². The molecule has 1 fully saturated rings. The van der Waals surface area contributed by atoms with Gasteiger partial charge in [0.1, 0.15) is 12.4 Å². The van der Waals surface area contributed by atoms with E-state index in [1.54, 1.807) is 35.1 Å². The monoisotopic (exact) mass is 424 g/mol. The lowest BCUT2D eigenvalue weighted by Gasteiger charge is -2.22. The van der Waals surface area contributed by atoms with Gasteiger partial charge in [0.2, 0.25) is 0 Å². The zero-order valence-corrected chi connectivity index (χ0v) is 17.5. The van der Waals surface area contributed by atoms with Crippen LogP contribution in [0.3, 0.4) is 0 Å². The summed E-state index contributed by atoms with van der Waals surface area (Å²) in [7, 11) is 0. The summed E-state index contributed by atoms with van der Waals surface area (Å²) in [6.07, 6.45) is 4.63. The van der Waals surface area contributed by atoms with Crippen LogP contribution in [-0.2, 0) is 16.0 Å². The average Bonchev–Trinajstić information content (AvgIpc) is 3.09. The zero-order chi connectivity index (χ0) is 19.8. The molecule has 2 heterocycles. The van der Waals surface area contributed by atoms with Gasteiger partial charge in [0.05, 0.1) is 24.9 Å². The predicted octanol–water partition coefficient (Wildman–Crippen LogP) is 2.75. The number of rotatable bonds is 9. The van der Waals surface area contributed by atoms with E-state index in [-0.39, 0.29) is 24.6 Å². The predicted molar refractivity (Wildman–Crippen MR) is 113 cm³/mol. The topological polar surface area (TPSA) is 101 Å². The second kappa shape index (κ2) is 11.8. The van der Waals surface area contributed by atoms with Gasteiger partial charge in [-0.15, -0.1) is 12.4 Å². The molecule has 0 saturated carbocycles. The maximum Gasteiger partial charge on any atom is 0.259 e. The van der Waals surface area contributed by atoms with Crippen molar-refractivity contribution in [1.29, 1.82) is 0 Å². The van der Waals surface area contributed by atoms with Crippen molar-refractivity contribution in [3.8, 4) is 5.75 Å². The van der Waals surface area contributed by atoms with Gasteiger partial charge in [-0.1, -0.05) is 0 Å². The molecule has 1 unspecified atom stereocenters. The molecule has 2 aromatic rings. The number of carbonyl (C=O) groups excluding carboxylic acids is 1. The Bertz CT molecular complexity index is 760. The normalized spacial score (nSPS) is 16.1. The van der Waals surface area contributed by atoms with Crippen LogP contribution in [0.25, 0.3) is 0 Å². The molecule has 29 heavy (non-hydrogen) atoms. The number of nitrogens with zero attached hydrogens (tertiary/aromatic N) is 2. The summed E-state index contributed by atoms with van der Waals surface area (Å²) in [6, 6.07) is 7.18.